The fourth-order valence-corrected chi connectivity index (χ4v) is 3.42. The Morgan fingerprint density at radius 3 is 2.70 bits per heavy atom. The summed E-state index contributed by atoms with van der Waals surface area (Å²) in [6, 6.07) is 6.40. The van der Waals surface area contributed by atoms with Crippen molar-refractivity contribution in [3.8, 4) is 5.69 Å². The van der Waals surface area contributed by atoms with E-state index < -0.39 is 0 Å². The lowest BCUT2D eigenvalue weighted by Gasteiger charge is -2.28. The van der Waals surface area contributed by atoms with E-state index in [4.69, 9.17) is 4.98 Å². The lowest BCUT2D eigenvalue weighted by molar-refractivity contribution is 0.242. The first kappa shape index (κ1) is 17.8. The van der Waals surface area contributed by atoms with Gasteiger partial charge < -0.3 is 0 Å². The number of hydrogen-bond donors (Lipinski definition) is 0. The van der Waals surface area contributed by atoms with E-state index in [9.17, 15) is 4.39 Å². The standard InChI is InChI=1S/C21H24FN5/c1-14(2)21-23-10-16-11-26(9-8-20(16)24-21)12-17-13-27(25-15(17)3)19-6-4-18(22)5-7-19/h4-7,10,13-14H,8-9,11-12H2,1-3H3. The molecule has 0 saturated heterocycles. The summed E-state index contributed by atoms with van der Waals surface area (Å²) in [6.07, 6.45) is 4.97. The molecule has 0 spiro atoms. The van der Waals surface area contributed by atoms with Gasteiger partial charge in [0, 0.05) is 61.2 Å². The average Bonchev–Trinajstić information content (AvgIpc) is 3.02. The molecule has 27 heavy (non-hydrogen) atoms. The molecule has 3 aromatic rings. The molecule has 1 aliphatic heterocycles. The van der Waals surface area contributed by atoms with Crippen molar-refractivity contribution < 1.29 is 4.39 Å². The molecule has 6 heteroatoms. The Labute approximate surface area is 158 Å². The Hall–Kier alpha value is -2.60. The van der Waals surface area contributed by atoms with Crippen molar-refractivity contribution >= 4 is 0 Å². The molecule has 0 unspecified atom stereocenters. The van der Waals surface area contributed by atoms with Crippen LogP contribution in [0.3, 0.4) is 0 Å². The average molecular weight is 365 g/mol. The largest absolute Gasteiger partial charge is 0.294 e. The normalized spacial score (nSPS) is 14.6. The highest BCUT2D eigenvalue weighted by Crippen LogP contribution is 2.22. The number of aryl methyl sites for hydroxylation is 1. The molecular formula is C21H24FN5. The van der Waals surface area contributed by atoms with Crippen LogP contribution in [0.2, 0.25) is 0 Å². The summed E-state index contributed by atoms with van der Waals surface area (Å²) >= 11 is 0. The third-order valence-electron chi connectivity index (χ3n) is 5.03. The van der Waals surface area contributed by atoms with Crippen LogP contribution in [0.1, 0.15) is 48.1 Å². The quantitative estimate of drug-likeness (QED) is 0.706. The molecule has 3 heterocycles. The number of aromatic nitrogens is 4. The fourth-order valence-electron chi connectivity index (χ4n) is 3.42. The molecule has 1 aliphatic rings. The minimum absolute atomic E-state index is 0.238. The zero-order valence-electron chi connectivity index (χ0n) is 16.0. The third kappa shape index (κ3) is 3.76. The van der Waals surface area contributed by atoms with Gasteiger partial charge in [-0.05, 0) is 31.2 Å². The van der Waals surface area contributed by atoms with E-state index >= 15 is 0 Å². The molecule has 5 nitrogen and oxygen atoms in total. The number of fused-ring (bicyclic) bond motifs is 1. The van der Waals surface area contributed by atoms with E-state index in [1.165, 1.54) is 29.0 Å². The lowest BCUT2D eigenvalue weighted by atomic mass is 10.1. The van der Waals surface area contributed by atoms with Crippen LogP contribution in [0.4, 0.5) is 4.39 Å². The molecule has 0 saturated carbocycles. The first-order chi connectivity index (χ1) is 13.0. The molecular weight excluding hydrogens is 341 g/mol. The second-order valence-electron chi connectivity index (χ2n) is 7.48. The van der Waals surface area contributed by atoms with E-state index in [2.05, 4.69) is 28.8 Å². The van der Waals surface area contributed by atoms with Gasteiger partial charge in [0.05, 0.1) is 11.4 Å². The van der Waals surface area contributed by atoms with Crippen LogP contribution in [0.5, 0.6) is 0 Å². The number of rotatable bonds is 4. The Bertz CT molecular complexity index is 946. The fraction of sp³-hybridized carbons (Fsp3) is 0.381. The zero-order valence-corrected chi connectivity index (χ0v) is 16.0. The van der Waals surface area contributed by atoms with Crippen LogP contribution in [-0.2, 0) is 19.5 Å². The van der Waals surface area contributed by atoms with Gasteiger partial charge in [0.2, 0.25) is 0 Å². The highest BCUT2D eigenvalue weighted by molar-refractivity contribution is 5.33. The van der Waals surface area contributed by atoms with Gasteiger partial charge in [-0.2, -0.15) is 5.10 Å². The van der Waals surface area contributed by atoms with Crippen molar-refractivity contribution in [2.45, 2.75) is 46.2 Å². The van der Waals surface area contributed by atoms with Crippen molar-refractivity contribution in [1.29, 1.82) is 0 Å². The highest BCUT2D eigenvalue weighted by atomic mass is 19.1. The maximum atomic E-state index is 13.1. The Balaban J connectivity index is 1.49. The first-order valence-corrected chi connectivity index (χ1v) is 9.37. The predicted octanol–water partition coefficient (Wildman–Crippen LogP) is 3.79. The highest BCUT2D eigenvalue weighted by Gasteiger charge is 2.20. The molecule has 0 N–H and O–H groups in total. The number of benzene rings is 1. The van der Waals surface area contributed by atoms with Gasteiger partial charge in [0.15, 0.2) is 0 Å². The number of hydrogen-bond acceptors (Lipinski definition) is 4. The van der Waals surface area contributed by atoms with Gasteiger partial charge in [-0.1, -0.05) is 13.8 Å². The second-order valence-corrected chi connectivity index (χ2v) is 7.48. The van der Waals surface area contributed by atoms with E-state index in [1.54, 1.807) is 12.1 Å². The summed E-state index contributed by atoms with van der Waals surface area (Å²) in [5, 5.41) is 4.59. The van der Waals surface area contributed by atoms with Gasteiger partial charge in [-0.25, -0.2) is 19.0 Å². The summed E-state index contributed by atoms with van der Waals surface area (Å²) in [7, 11) is 0. The molecule has 0 amide bonds. The molecule has 0 atom stereocenters. The Kier molecular flexibility index (Phi) is 4.74. The topological polar surface area (TPSA) is 46.8 Å². The predicted molar refractivity (Wildman–Crippen MR) is 102 cm³/mol. The van der Waals surface area contributed by atoms with Gasteiger partial charge in [-0.3, -0.25) is 4.90 Å². The van der Waals surface area contributed by atoms with Crippen LogP contribution >= 0.6 is 0 Å². The Morgan fingerprint density at radius 1 is 1.19 bits per heavy atom. The van der Waals surface area contributed by atoms with Crippen molar-refractivity contribution in [2.75, 3.05) is 6.54 Å². The lowest BCUT2D eigenvalue weighted by Crippen LogP contribution is -2.31. The third-order valence-corrected chi connectivity index (χ3v) is 5.03. The van der Waals surface area contributed by atoms with Gasteiger partial charge in [0.25, 0.3) is 0 Å². The SMILES string of the molecule is Cc1nn(-c2ccc(F)cc2)cc1CN1CCc2nc(C(C)C)ncc2C1. The van der Waals surface area contributed by atoms with E-state index in [1.807, 2.05) is 24.0 Å². The van der Waals surface area contributed by atoms with Crippen LogP contribution in [0.15, 0.2) is 36.7 Å². The summed E-state index contributed by atoms with van der Waals surface area (Å²) in [5.74, 6) is 1.05. The van der Waals surface area contributed by atoms with E-state index in [0.29, 0.717) is 5.92 Å². The maximum absolute atomic E-state index is 13.1. The second kappa shape index (κ2) is 7.19. The smallest absolute Gasteiger partial charge is 0.131 e. The summed E-state index contributed by atoms with van der Waals surface area (Å²) in [6.45, 7) is 8.93. The molecule has 0 fully saturated rings. The first-order valence-electron chi connectivity index (χ1n) is 9.37. The number of nitrogens with zero attached hydrogens (tertiary/aromatic N) is 5. The molecule has 0 bridgehead atoms. The van der Waals surface area contributed by atoms with Crippen molar-refractivity contribution in [2.24, 2.45) is 0 Å². The van der Waals surface area contributed by atoms with Crippen molar-refractivity contribution in [3.05, 3.63) is 70.8 Å². The van der Waals surface area contributed by atoms with Gasteiger partial charge in [0.1, 0.15) is 11.6 Å². The van der Waals surface area contributed by atoms with E-state index in [0.717, 1.165) is 43.3 Å². The summed E-state index contributed by atoms with van der Waals surface area (Å²) < 4.78 is 15.0. The molecule has 0 aliphatic carbocycles. The van der Waals surface area contributed by atoms with Crippen LogP contribution in [0.25, 0.3) is 5.69 Å². The molecule has 0 radical (unpaired) electrons. The maximum Gasteiger partial charge on any atom is 0.131 e. The number of halogens is 1. The monoisotopic (exact) mass is 365 g/mol. The minimum Gasteiger partial charge on any atom is -0.294 e. The van der Waals surface area contributed by atoms with Crippen LogP contribution in [-0.4, -0.2) is 31.2 Å². The van der Waals surface area contributed by atoms with Crippen LogP contribution < -0.4 is 0 Å². The molecule has 4 rings (SSSR count). The van der Waals surface area contributed by atoms with Crippen molar-refractivity contribution in [1.82, 2.24) is 24.6 Å². The van der Waals surface area contributed by atoms with E-state index in [-0.39, 0.29) is 5.82 Å². The molecule has 140 valence electrons. The van der Waals surface area contributed by atoms with Gasteiger partial charge >= 0.3 is 0 Å². The minimum atomic E-state index is -0.238. The van der Waals surface area contributed by atoms with Crippen molar-refractivity contribution in [3.63, 3.8) is 0 Å². The zero-order chi connectivity index (χ0) is 19.0. The van der Waals surface area contributed by atoms with Gasteiger partial charge in [-0.15, -0.1) is 0 Å². The summed E-state index contributed by atoms with van der Waals surface area (Å²) in [5.41, 5.74) is 5.45. The summed E-state index contributed by atoms with van der Waals surface area (Å²) in [4.78, 5) is 11.7. The molecule has 1 aromatic carbocycles. The molecule has 2 aromatic heterocycles. The Morgan fingerprint density at radius 2 is 1.96 bits per heavy atom. The van der Waals surface area contributed by atoms with Crippen LogP contribution in [0, 0.1) is 12.7 Å².